The fourth-order valence-electron chi connectivity index (χ4n) is 2.04. The summed E-state index contributed by atoms with van der Waals surface area (Å²) < 4.78 is 1.58. The lowest BCUT2D eigenvalue weighted by molar-refractivity contribution is -0.384. The molecule has 1 amide bonds. The van der Waals surface area contributed by atoms with Crippen molar-refractivity contribution in [1.29, 1.82) is 0 Å². The van der Waals surface area contributed by atoms with Crippen LogP contribution < -0.4 is 5.32 Å². The van der Waals surface area contributed by atoms with Gasteiger partial charge >= 0.3 is 0 Å². The largest absolute Gasteiger partial charge is 0.335 e. The van der Waals surface area contributed by atoms with Crippen LogP contribution in [0.5, 0.6) is 0 Å². The van der Waals surface area contributed by atoms with E-state index in [-0.39, 0.29) is 17.4 Å². The number of rotatable bonds is 5. The Morgan fingerprint density at radius 3 is 2.86 bits per heavy atom. The van der Waals surface area contributed by atoms with Crippen molar-refractivity contribution in [1.82, 2.24) is 14.8 Å². The Morgan fingerprint density at radius 1 is 1.57 bits per heavy atom. The summed E-state index contributed by atoms with van der Waals surface area (Å²) in [5.41, 5.74) is 1.02. The molecule has 0 aliphatic rings. The van der Waals surface area contributed by atoms with E-state index in [2.05, 4.69) is 15.5 Å². The van der Waals surface area contributed by atoms with Crippen LogP contribution in [0.15, 0.2) is 18.5 Å². The van der Waals surface area contributed by atoms with Crippen molar-refractivity contribution in [2.75, 3.05) is 5.32 Å². The van der Waals surface area contributed by atoms with Gasteiger partial charge in [0.1, 0.15) is 11.5 Å². The summed E-state index contributed by atoms with van der Waals surface area (Å²) in [6, 6.07) is 1.21. The molecule has 2 aromatic heterocycles. The Hall–Kier alpha value is -2.64. The lowest BCUT2D eigenvalue weighted by Gasteiger charge is -2.12. The van der Waals surface area contributed by atoms with Gasteiger partial charge in [-0.2, -0.15) is 5.10 Å². The first-order valence-electron chi connectivity index (χ1n) is 6.63. The van der Waals surface area contributed by atoms with Crippen LogP contribution in [0.4, 0.5) is 11.5 Å². The molecule has 0 saturated carbocycles. The normalized spacial score (nSPS) is 10.9. The molecule has 0 aliphatic heterocycles. The fraction of sp³-hybridized carbons (Fsp3) is 0.385. The zero-order valence-electron chi connectivity index (χ0n) is 12.1. The predicted octanol–water partition coefficient (Wildman–Crippen LogP) is 2.52. The standard InChI is InChI=1S/C13H17N5O3/c1-4-9-6-14-16-12(9)15-13(19)11-5-10(18(20)21)7-17(11)8(2)3/h5-8H,4H2,1-3H3,(H2,14,15,16,19). The lowest BCUT2D eigenvalue weighted by Crippen LogP contribution is -2.18. The molecule has 8 heteroatoms. The van der Waals surface area contributed by atoms with E-state index >= 15 is 0 Å². The second-order valence-corrected chi connectivity index (χ2v) is 4.92. The quantitative estimate of drug-likeness (QED) is 0.652. The van der Waals surface area contributed by atoms with Crippen molar-refractivity contribution in [2.24, 2.45) is 0 Å². The molecule has 21 heavy (non-hydrogen) atoms. The second kappa shape index (κ2) is 5.78. The third kappa shape index (κ3) is 2.93. The first kappa shape index (κ1) is 14.8. The smallest absolute Gasteiger partial charge is 0.287 e. The molecule has 0 aliphatic carbocycles. The molecule has 0 unspecified atom stereocenters. The Morgan fingerprint density at radius 2 is 2.29 bits per heavy atom. The van der Waals surface area contributed by atoms with Crippen LogP contribution in [0.2, 0.25) is 0 Å². The highest BCUT2D eigenvalue weighted by Crippen LogP contribution is 2.22. The third-order valence-corrected chi connectivity index (χ3v) is 3.17. The molecule has 2 rings (SSSR count). The van der Waals surface area contributed by atoms with E-state index in [1.807, 2.05) is 20.8 Å². The van der Waals surface area contributed by atoms with Gasteiger partial charge in [0, 0.05) is 17.7 Å². The molecule has 2 aromatic rings. The highest BCUT2D eigenvalue weighted by Gasteiger charge is 2.21. The van der Waals surface area contributed by atoms with Crippen LogP contribution in [-0.4, -0.2) is 25.6 Å². The zero-order chi connectivity index (χ0) is 15.6. The summed E-state index contributed by atoms with van der Waals surface area (Å²) in [6.45, 7) is 5.66. The number of H-pyrrole nitrogens is 1. The van der Waals surface area contributed by atoms with Crippen molar-refractivity contribution in [3.8, 4) is 0 Å². The molecule has 0 fully saturated rings. The SMILES string of the molecule is CCc1cn[nH]c1NC(=O)c1cc([N+](=O)[O-])cn1C(C)C. The summed E-state index contributed by atoms with van der Waals surface area (Å²) in [6.07, 6.45) is 3.73. The van der Waals surface area contributed by atoms with Gasteiger partial charge in [0.15, 0.2) is 0 Å². The van der Waals surface area contributed by atoms with Crippen LogP contribution in [0.25, 0.3) is 0 Å². The van der Waals surface area contributed by atoms with E-state index in [4.69, 9.17) is 0 Å². The van der Waals surface area contributed by atoms with Gasteiger partial charge in [-0.25, -0.2) is 0 Å². The number of hydrogen-bond donors (Lipinski definition) is 2. The van der Waals surface area contributed by atoms with E-state index in [1.165, 1.54) is 12.3 Å². The first-order valence-corrected chi connectivity index (χ1v) is 6.63. The van der Waals surface area contributed by atoms with Crippen LogP contribution in [0.3, 0.4) is 0 Å². The molecule has 0 aromatic carbocycles. The molecule has 8 nitrogen and oxygen atoms in total. The van der Waals surface area contributed by atoms with Gasteiger partial charge < -0.3 is 9.88 Å². The third-order valence-electron chi connectivity index (χ3n) is 3.17. The van der Waals surface area contributed by atoms with Crippen molar-refractivity contribution in [2.45, 2.75) is 33.2 Å². The molecule has 2 N–H and O–H groups in total. The summed E-state index contributed by atoms with van der Waals surface area (Å²) in [7, 11) is 0. The van der Waals surface area contributed by atoms with Crippen molar-refractivity contribution in [3.63, 3.8) is 0 Å². The van der Waals surface area contributed by atoms with E-state index in [0.717, 1.165) is 12.0 Å². The number of aromatic nitrogens is 3. The lowest BCUT2D eigenvalue weighted by atomic mass is 10.2. The van der Waals surface area contributed by atoms with E-state index in [9.17, 15) is 14.9 Å². The number of anilines is 1. The summed E-state index contributed by atoms with van der Waals surface area (Å²) >= 11 is 0. The minimum absolute atomic E-state index is 0.0631. The summed E-state index contributed by atoms with van der Waals surface area (Å²) in [5, 5.41) is 20.2. The average molecular weight is 291 g/mol. The predicted molar refractivity (Wildman–Crippen MR) is 77.4 cm³/mol. The molecular formula is C13H17N5O3. The molecule has 0 saturated heterocycles. The molecule has 0 bridgehead atoms. The maximum atomic E-state index is 12.3. The molecule has 0 radical (unpaired) electrons. The van der Waals surface area contributed by atoms with Crippen LogP contribution >= 0.6 is 0 Å². The highest BCUT2D eigenvalue weighted by atomic mass is 16.6. The number of nitrogens with one attached hydrogen (secondary N) is 2. The first-order chi connectivity index (χ1) is 9.93. The topological polar surface area (TPSA) is 106 Å². The Labute approximate surface area is 121 Å². The maximum absolute atomic E-state index is 12.3. The van der Waals surface area contributed by atoms with Crippen molar-refractivity contribution in [3.05, 3.63) is 39.8 Å². The number of nitrogens with zero attached hydrogens (tertiary/aromatic N) is 3. The van der Waals surface area contributed by atoms with E-state index in [1.54, 1.807) is 10.8 Å². The number of aromatic amines is 1. The minimum atomic E-state index is -0.511. The van der Waals surface area contributed by atoms with Gasteiger partial charge in [-0.3, -0.25) is 20.0 Å². The molecule has 0 spiro atoms. The number of carbonyl (C=O) groups excluding carboxylic acids is 1. The monoisotopic (exact) mass is 291 g/mol. The number of carbonyl (C=O) groups is 1. The number of hydrogen-bond acceptors (Lipinski definition) is 4. The second-order valence-electron chi connectivity index (χ2n) is 4.92. The Bertz CT molecular complexity index is 671. The minimum Gasteiger partial charge on any atom is -0.335 e. The van der Waals surface area contributed by atoms with Gasteiger partial charge in [0.25, 0.3) is 11.6 Å². The number of aryl methyl sites for hydroxylation is 1. The van der Waals surface area contributed by atoms with Crippen LogP contribution in [0.1, 0.15) is 42.9 Å². The molecule has 2 heterocycles. The number of amides is 1. The Kier molecular flexibility index (Phi) is 4.06. The van der Waals surface area contributed by atoms with E-state index in [0.29, 0.717) is 5.82 Å². The zero-order valence-corrected chi connectivity index (χ0v) is 12.1. The van der Waals surface area contributed by atoms with Gasteiger partial charge in [0.05, 0.1) is 17.3 Å². The van der Waals surface area contributed by atoms with E-state index < -0.39 is 10.8 Å². The van der Waals surface area contributed by atoms with Gasteiger partial charge in [-0.1, -0.05) is 6.92 Å². The summed E-state index contributed by atoms with van der Waals surface area (Å²) in [4.78, 5) is 22.7. The van der Waals surface area contributed by atoms with Gasteiger partial charge in [-0.15, -0.1) is 0 Å². The Balaban J connectivity index is 2.32. The van der Waals surface area contributed by atoms with Gasteiger partial charge in [0.2, 0.25) is 0 Å². The van der Waals surface area contributed by atoms with Crippen LogP contribution in [-0.2, 0) is 6.42 Å². The van der Waals surface area contributed by atoms with Crippen molar-refractivity contribution < 1.29 is 9.72 Å². The molecule has 112 valence electrons. The number of nitro groups is 1. The maximum Gasteiger partial charge on any atom is 0.287 e. The molecular weight excluding hydrogens is 274 g/mol. The average Bonchev–Trinajstić information content (AvgIpc) is 3.04. The van der Waals surface area contributed by atoms with Crippen molar-refractivity contribution >= 4 is 17.4 Å². The highest BCUT2D eigenvalue weighted by molar-refractivity contribution is 6.03. The summed E-state index contributed by atoms with van der Waals surface area (Å²) in [5.74, 6) is 0.109. The fourth-order valence-corrected chi connectivity index (χ4v) is 2.04. The van der Waals surface area contributed by atoms with Crippen LogP contribution in [0, 0.1) is 10.1 Å². The van der Waals surface area contributed by atoms with Gasteiger partial charge in [-0.05, 0) is 20.3 Å². The molecule has 0 atom stereocenters.